The fourth-order valence-electron chi connectivity index (χ4n) is 1.30. The topological polar surface area (TPSA) is 127 Å². The Bertz CT molecular complexity index is 667. The van der Waals surface area contributed by atoms with Crippen LogP contribution < -0.4 is 5.32 Å². The quantitative estimate of drug-likeness (QED) is 0.321. The van der Waals surface area contributed by atoms with E-state index in [9.17, 15) is 19.5 Å². The van der Waals surface area contributed by atoms with E-state index in [1.54, 1.807) is 20.8 Å². The average molecular weight is 378 g/mol. The van der Waals surface area contributed by atoms with E-state index in [2.05, 4.69) is 15.5 Å². The van der Waals surface area contributed by atoms with Gasteiger partial charge in [0.1, 0.15) is 15.6 Å². The van der Waals surface area contributed by atoms with Crippen LogP contribution in [0, 0.1) is 0 Å². The molecule has 11 heteroatoms. The van der Waals surface area contributed by atoms with Crippen molar-refractivity contribution in [1.82, 2.24) is 4.98 Å². The van der Waals surface area contributed by atoms with E-state index in [1.165, 1.54) is 6.92 Å². The summed E-state index contributed by atoms with van der Waals surface area (Å²) < 4.78 is 5.08. The van der Waals surface area contributed by atoms with Crippen LogP contribution in [0.3, 0.4) is 0 Å². The van der Waals surface area contributed by atoms with Crippen molar-refractivity contribution in [3.8, 4) is 0 Å². The lowest BCUT2D eigenvalue weighted by Crippen LogP contribution is -2.31. The molecule has 0 radical (unpaired) electrons. The van der Waals surface area contributed by atoms with Crippen LogP contribution in [0.5, 0.6) is 0 Å². The monoisotopic (exact) mass is 377 g/mol. The number of carboxylic acids is 1. The molecule has 24 heavy (non-hydrogen) atoms. The molecule has 1 amide bonds. The predicted octanol–water partition coefficient (Wildman–Crippen LogP) is 1.90. The fourth-order valence-corrected chi connectivity index (χ4v) is 2.31. The third-order valence-corrected chi connectivity index (χ3v) is 3.42. The summed E-state index contributed by atoms with van der Waals surface area (Å²) in [6.45, 7) is 6.40. The second kappa shape index (κ2) is 8.06. The maximum Gasteiger partial charge on any atom is 0.360 e. The molecule has 9 nitrogen and oxygen atoms in total. The highest BCUT2D eigenvalue weighted by Crippen LogP contribution is 2.28. The number of oxime groups is 1. The fraction of sp³-hybridized carbons (Fsp3) is 0.462. The number of halogens is 1. The van der Waals surface area contributed by atoms with Crippen LogP contribution in [0.25, 0.3) is 0 Å². The molecule has 0 fully saturated rings. The van der Waals surface area contributed by atoms with Crippen molar-refractivity contribution in [2.24, 2.45) is 5.16 Å². The number of esters is 1. The van der Waals surface area contributed by atoms with Crippen LogP contribution in [-0.2, 0) is 24.0 Å². The van der Waals surface area contributed by atoms with Gasteiger partial charge >= 0.3 is 11.9 Å². The highest BCUT2D eigenvalue weighted by Gasteiger charge is 2.26. The molecule has 0 aromatic carbocycles. The maximum absolute atomic E-state index is 11.8. The number of nitrogens with zero attached hydrogens (tertiary/aromatic N) is 2. The number of carbonyl (C=O) groups is 3. The van der Waals surface area contributed by atoms with Gasteiger partial charge in [0.15, 0.2) is 5.13 Å². The van der Waals surface area contributed by atoms with Crippen LogP contribution in [0.15, 0.2) is 5.16 Å². The average Bonchev–Trinajstić information content (AvgIpc) is 2.78. The summed E-state index contributed by atoms with van der Waals surface area (Å²) in [6, 6.07) is 0. The van der Waals surface area contributed by atoms with Crippen LogP contribution in [0.4, 0.5) is 5.13 Å². The Hall–Kier alpha value is -2.20. The first-order valence-electron chi connectivity index (χ1n) is 6.62. The number of carboxylic acid groups (broad SMARTS) is 1. The molecule has 2 N–H and O–H groups in total. The summed E-state index contributed by atoms with van der Waals surface area (Å²) in [4.78, 5) is 42.2. The zero-order chi connectivity index (χ0) is 18.5. The predicted molar refractivity (Wildman–Crippen MR) is 87.4 cm³/mol. The molecule has 0 bridgehead atoms. The number of hydrogen-bond donors (Lipinski definition) is 2. The molecule has 1 heterocycles. The summed E-state index contributed by atoms with van der Waals surface area (Å²) in [5, 5.41) is 15.0. The Labute approximate surface area is 146 Å². The number of amides is 1. The molecular weight excluding hydrogens is 362 g/mol. The van der Waals surface area contributed by atoms with Crippen molar-refractivity contribution < 1.29 is 29.1 Å². The van der Waals surface area contributed by atoms with Gasteiger partial charge in [-0.15, -0.1) is 0 Å². The number of thiazole rings is 1. The molecule has 0 saturated heterocycles. The Morgan fingerprint density at radius 2 is 2.08 bits per heavy atom. The van der Waals surface area contributed by atoms with Gasteiger partial charge in [0, 0.05) is 0 Å². The van der Waals surface area contributed by atoms with Crippen molar-refractivity contribution in [1.29, 1.82) is 0 Å². The van der Waals surface area contributed by atoms with Gasteiger partial charge in [0.05, 0.1) is 0 Å². The van der Waals surface area contributed by atoms with Crippen molar-refractivity contribution in [2.45, 2.75) is 39.4 Å². The first-order valence-corrected chi connectivity index (χ1v) is 7.81. The van der Waals surface area contributed by atoms with Gasteiger partial charge in [0.2, 0.25) is 18.2 Å². The molecule has 0 aliphatic heterocycles. The third-order valence-electron chi connectivity index (χ3n) is 2.24. The van der Waals surface area contributed by atoms with Gasteiger partial charge in [-0.05, 0) is 27.7 Å². The minimum Gasteiger partial charge on any atom is -0.476 e. The highest BCUT2D eigenvalue weighted by molar-refractivity contribution is 7.20. The van der Waals surface area contributed by atoms with E-state index in [0.29, 0.717) is 6.41 Å². The first kappa shape index (κ1) is 19.8. The van der Waals surface area contributed by atoms with Crippen molar-refractivity contribution in [2.75, 3.05) is 5.32 Å². The summed E-state index contributed by atoms with van der Waals surface area (Å²) in [5.41, 5.74) is -1.51. The number of rotatable bonds is 7. The summed E-state index contributed by atoms with van der Waals surface area (Å²) >= 11 is 6.75. The van der Waals surface area contributed by atoms with Gasteiger partial charge in [-0.2, -0.15) is 0 Å². The minimum atomic E-state index is -1.46. The van der Waals surface area contributed by atoms with E-state index in [1.807, 2.05) is 0 Å². The number of anilines is 1. The maximum atomic E-state index is 11.8. The molecule has 1 atom stereocenters. The third kappa shape index (κ3) is 5.78. The molecule has 0 aliphatic carbocycles. The molecule has 0 aliphatic rings. The van der Waals surface area contributed by atoms with Crippen molar-refractivity contribution in [3.05, 3.63) is 10.0 Å². The van der Waals surface area contributed by atoms with Crippen LogP contribution in [0.1, 0.15) is 33.4 Å². The van der Waals surface area contributed by atoms with Gasteiger partial charge in [-0.3, -0.25) is 4.79 Å². The molecule has 1 aromatic rings. The van der Waals surface area contributed by atoms with Crippen molar-refractivity contribution >= 4 is 52.1 Å². The van der Waals surface area contributed by atoms with Crippen LogP contribution in [-0.4, -0.2) is 45.9 Å². The van der Waals surface area contributed by atoms with Crippen molar-refractivity contribution in [3.63, 3.8) is 0 Å². The molecule has 0 saturated carbocycles. The smallest absolute Gasteiger partial charge is 0.360 e. The van der Waals surface area contributed by atoms with E-state index in [4.69, 9.17) is 21.2 Å². The Morgan fingerprint density at radius 3 is 2.58 bits per heavy atom. The van der Waals surface area contributed by atoms with Crippen LogP contribution >= 0.6 is 22.9 Å². The highest BCUT2D eigenvalue weighted by atomic mass is 35.5. The Morgan fingerprint density at radius 1 is 1.46 bits per heavy atom. The normalized spacial score (nSPS) is 13.1. The van der Waals surface area contributed by atoms with Gasteiger partial charge in [-0.1, -0.05) is 28.1 Å². The number of carbonyl (C=O) groups excluding carboxylic acids is 2. The standard InChI is InChI=1S/C13H16ClN3O6S/c1-6(11(21)22-13(2,3)4)23-17-8(10(19)20)7-9(14)24-12(16-7)15-5-18/h5-6H,1-4H3,(H,19,20)(H,15,16,18). The largest absolute Gasteiger partial charge is 0.476 e. The van der Waals surface area contributed by atoms with E-state index in [-0.39, 0.29) is 15.2 Å². The lowest BCUT2D eigenvalue weighted by molar-refractivity contribution is -0.167. The minimum absolute atomic E-state index is 0.00554. The molecule has 0 spiro atoms. The lowest BCUT2D eigenvalue weighted by Gasteiger charge is -2.21. The molecular formula is C13H16ClN3O6S. The van der Waals surface area contributed by atoms with Gasteiger partial charge < -0.3 is 20.0 Å². The molecule has 132 valence electrons. The summed E-state index contributed by atoms with van der Waals surface area (Å²) in [7, 11) is 0. The molecule has 1 rings (SSSR count). The van der Waals surface area contributed by atoms with Crippen LogP contribution in [0.2, 0.25) is 4.34 Å². The SMILES string of the molecule is CC(ON=C(C(=O)O)c1nc(NC=O)sc1Cl)C(=O)OC(C)(C)C. The second-order valence-corrected chi connectivity index (χ2v) is 7.03. The zero-order valence-corrected chi connectivity index (χ0v) is 14.9. The van der Waals surface area contributed by atoms with Gasteiger partial charge in [-0.25, -0.2) is 14.6 Å². The number of ether oxygens (including phenoxy) is 1. The lowest BCUT2D eigenvalue weighted by atomic mass is 10.2. The Kier molecular flexibility index (Phi) is 6.67. The van der Waals surface area contributed by atoms with E-state index < -0.39 is 29.4 Å². The molecule has 1 unspecified atom stereocenters. The zero-order valence-electron chi connectivity index (χ0n) is 13.3. The number of hydrogen-bond acceptors (Lipinski definition) is 8. The first-order chi connectivity index (χ1) is 11.0. The Balaban J connectivity index is 2.96. The van der Waals surface area contributed by atoms with E-state index in [0.717, 1.165) is 11.3 Å². The number of aliphatic carboxylic acids is 1. The summed E-state index contributed by atoms with van der Waals surface area (Å²) in [6.07, 6.45) is -0.763. The van der Waals surface area contributed by atoms with E-state index >= 15 is 0 Å². The summed E-state index contributed by atoms with van der Waals surface area (Å²) in [5.74, 6) is -2.17. The van der Waals surface area contributed by atoms with Gasteiger partial charge in [0.25, 0.3) is 0 Å². The number of aromatic nitrogens is 1. The second-order valence-electron chi connectivity index (χ2n) is 5.43. The molecule has 1 aromatic heterocycles. The number of nitrogens with one attached hydrogen (secondary N) is 1.